The molecule has 0 aromatic heterocycles. The second-order valence-electron chi connectivity index (χ2n) is 4.89. The minimum absolute atomic E-state index is 0.0749. The van der Waals surface area contributed by atoms with Gasteiger partial charge >= 0.3 is 0 Å². The van der Waals surface area contributed by atoms with Gasteiger partial charge in [0.25, 0.3) is 0 Å². The molecular formula is C17H13BrFNO. The van der Waals surface area contributed by atoms with Crippen LogP contribution in [0.4, 0.5) is 4.39 Å². The maximum atomic E-state index is 13.8. The van der Waals surface area contributed by atoms with Crippen molar-refractivity contribution in [3.63, 3.8) is 0 Å². The monoisotopic (exact) mass is 345 g/mol. The number of hydrogen-bond donors (Lipinski definition) is 0. The highest BCUT2D eigenvalue weighted by atomic mass is 79.9. The highest BCUT2D eigenvalue weighted by molar-refractivity contribution is 9.10. The summed E-state index contributed by atoms with van der Waals surface area (Å²) in [4.78, 5) is 12.5. The first-order chi connectivity index (χ1) is 9.93. The number of carbonyl (C=O) groups excluding carboxylic acids is 1. The van der Waals surface area contributed by atoms with Gasteiger partial charge in [-0.2, -0.15) is 5.26 Å². The van der Waals surface area contributed by atoms with Crippen LogP contribution in [0.1, 0.15) is 33.0 Å². The molecule has 0 radical (unpaired) electrons. The Morgan fingerprint density at radius 3 is 2.52 bits per heavy atom. The van der Waals surface area contributed by atoms with E-state index in [9.17, 15) is 14.4 Å². The zero-order chi connectivity index (χ0) is 15.6. The Balaban J connectivity index is 2.46. The lowest BCUT2D eigenvalue weighted by molar-refractivity contribution is 0.0975. The van der Waals surface area contributed by atoms with Crippen molar-refractivity contribution >= 4 is 21.7 Å². The van der Waals surface area contributed by atoms with Gasteiger partial charge in [0.05, 0.1) is 11.6 Å². The Labute approximate surface area is 131 Å². The number of nitriles is 1. The molecule has 0 saturated carbocycles. The molecule has 2 nitrogen and oxygen atoms in total. The molecule has 1 atom stereocenters. The van der Waals surface area contributed by atoms with Crippen molar-refractivity contribution in [2.45, 2.75) is 19.8 Å². The van der Waals surface area contributed by atoms with Crippen molar-refractivity contribution in [2.24, 2.45) is 0 Å². The Hall–Kier alpha value is -1.99. The molecule has 0 spiro atoms. The SMILES string of the molecule is Cc1ccc(C(C#N)C(=O)c2cc(Br)ccc2F)cc1C. The Bertz CT molecular complexity index is 749. The summed E-state index contributed by atoms with van der Waals surface area (Å²) in [6, 6.07) is 11.5. The highest BCUT2D eigenvalue weighted by Crippen LogP contribution is 2.25. The number of nitrogens with zero attached hydrogens (tertiary/aromatic N) is 1. The molecule has 0 saturated heterocycles. The van der Waals surface area contributed by atoms with Gasteiger partial charge in [-0.15, -0.1) is 0 Å². The molecule has 2 rings (SSSR count). The van der Waals surface area contributed by atoms with Crippen molar-refractivity contribution in [2.75, 3.05) is 0 Å². The van der Waals surface area contributed by atoms with Crippen LogP contribution < -0.4 is 0 Å². The quantitative estimate of drug-likeness (QED) is 0.756. The van der Waals surface area contributed by atoms with Crippen LogP contribution in [0.25, 0.3) is 0 Å². The highest BCUT2D eigenvalue weighted by Gasteiger charge is 2.24. The first-order valence-electron chi connectivity index (χ1n) is 6.40. The predicted octanol–water partition coefficient (Wildman–Crippen LogP) is 4.70. The molecule has 0 N–H and O–H groups in total. The molecule has 2 aromatic carbocycles. The van der Waals surface area contributed by atoms with Crippen molar-refractivity contribution in [3.8, 4) is 6.07 Å². The standard InChI is InChI=1S/C17H13BrFNO/c1-10-3-4-12(7-11(10)2)15(9-20)17(21)14-8-13(18)5-6-16(14)19/h3-8,15H,1-2H3. The number of carbonyl (C=O) groups is 1. The second kappa shape index (κ2) is 6.19. The van der Waals surface area contributed by atoms with Gasteiger partial charge in [0, 0.05) is 4.47 Å². The molecule has 0 amide bonds. The van der Waals surface area contributed by atoms with Crippen molar-refractivity contribution in [3.05, 3.63) is 68.9 Å². The Kier molecular flexibility index (Phi) is 4.54. The summed E-state index contributed by atoms with van der Waals surface area (Å²) in [6.45, 7) is 3.87. The summed E-state index contributed by atoms with van der Waals surface area (Å²) in [6.07, 6.45) is 0. The third kappa shape index (κ3) is 3.20. The second-order valence-corrected chi connectivity index (χ2v) is 5.81. The van der Waals surface area contributed by atoms with E-state index in [0.29, 0.717) is 10.0 Å². The molecule has 106 valence electrons. The minimum atomic E-state index is -1.01. The van der Waals surface area contributed by atoms with Gasteiger partial charge in [0.2, 0.25) is 0 Å². The zero-order valence-corrected chi connectivity index (χ0v) is 13.2. The average Bonchev–Trinajstić information content (AvgIpc) is 2.46. The van der Waals surface area contributed by atoms with Gasteiger partial charge in [0.15, 0.2) is 5.78 Å². The van der Waals surface area contributed by atoms with Crippen molar-refractivity contribution in [1.29, 1.82) is 5.26 Å². The molecule has 0 bridgehead atoms. The summed E-state index contributed by atoms with van der Waals surface area (Å²) in [5.74, 6) is -2.15. The van der Waals surface area contributed by atoms with Gasteiger partial charge in [-0.3, -0.25) is 4.79 Å². The number of Topliss-reactive ketones (excluding diaryl/α,β-unsaturated/α-hetero) is 1. The van der Waals surface area contributed by atoms with Gasteiger partial charge < -0.3 is 0 Å². The van der Waals surface area contributed by atoms with Crippen LogP contribution in [0.15, 0.2) is 40.9 Å². The number of rotatable bonds is 3. The molecule has 0 fully saturated rings. The van der Waals surface area contributed by atoms with Crippen LogP contribution in [0.5, 0.6) is 0 Å². The van der Waals surface area contributed by atoms with E-state index >= 15 is 0 Å². The van der Waals surface area contributed by atoms with Crippen molar-refractivity contribution in [1.82, 2.24) is 0 Å². The van der Waals surface area contributed by atoms with E-state index in [0.717, 1.165) is 11.1 Å². The summed E-state index contributed by atoms with van der Waals surface area (Å²) in [7, 11) is 0. The van der Waals surface area contributed by atoms with Gasteiger partial charge in [-0.1, -0.05) is 34.1 Å². The normalized spacial score (nSPS) is 11.8. The van der Waals surface area contributed by atoms with E-state index in [1.54, 1.807) is 12.1 Å². The summed E-state index contributed by atoms with van der Waals surface area (Å²) >= 11 is 3.21. The van der Waals surface area contributed by atoms with Crippen LogP contribution >= 0.6 is 15.9 Å². The minimum Gasteiger partial charge on any atom is -0.292 e. The molecule has 1 unspecified atom stereocenters. The van der Waals surface area contributed by atoms with E-state index in [1.165, 1.54) is 18.2 Å². The molecule has 0 aliphatic rings. The Morgan fingerprint density at radius 2 is 1.90 bits per heavy atom. The first-order valence-corrected chi connectivity index (χ1v) is 7.19. The summed E-state index contributed by atoms with van der Waals surface area (Å²) < 4.78 is 14.4. The number of benzene rings is 2. The number of aryl methyl sites for hydroxylation is 2. The van der Waals surface area contributed by atoms with Gasteiger partial charge in [-0.05, 0) is 48.7 Å². The topological polar surface area (TPSA) is 40.9 Å². The van der Waals surface area contributed by atoms with Crippen LogP contribution in [-0.4, -0.2) is 5.78 Å². The first kappa shape index (κ1) is 15.4. The van der Waals surface area contributed by atoms with Crippen LogP contribution in [0.2, 0.25) is 0 Å². The Morgan fingerprint density at radius 1 is 1.19 bits per heavy atom. The molecule has 0 aliphatic carbocycles. The molecule has 2 aromatic rings. The molecule has 21 heavy (non-hydrogen) atoms. The summed E-state index contributed by atoms with van der Waals surface area (Å²) in [5.41, 5.74) is 2.59. The lowest BCUT2D eigenvalue weighted by Crippen LogP contribution is -2.13. The molecule has 0 heterocycles. The van der Waals surface area contributed by atoms with Gasteiger partial charge in [-0.25, -0.2) is 4.39 Å². The van der Waals surface area contributed by atoms with E-state index in [4.69, 9.17) is 0 Å². The fourth-order valence-corrected chi connectivity index (χ4v) is 2.43. The fourth-order valence-electron chi connectivity index (χ4n) is 2.07. The maximum Gasteiger partial charge on any atom is 0.187 e. The third-order valence-corrected chi connectivity index (χ3v) is 3.94. The molecule has 4 heteroatoms. The maximum absolute atomic E-state index is 13.8. The summed E-state index contributed by atoms with van der Waals surface area (Å²) in [5, 5.41) is 9.33. The van der Waals surface area contributed by atoms with Gasteiger partial charge in [0.1, 0.15) is 11.7 Å². The van der Waals surface area contributed by atoms with E-state index in [2.05, 4.69) is 15.9 Å². The van der Waals surface area contributed by atoms with Crippen LogP contribution in [0, 0.1) is 31.0 Å². The van der Waals surface area contributed by atoms with Crippen LogP contribution in [0.3, 0.4) is 0 Å². The van der Waals surface area contributed by atoms with E-state index in [1.807, 2.05) is 26.0 Å². The molecular weight excluding hydrogens is 333 g/mol. The smallest absolute Gasteiger partial charge is 0.187 e. The largest absolute Gasteiger partial charge is 0.292 e. The lowest BCUT2D eigenvalue weighted by atomic mass is 9.90. The van der Waals surface area contributed by atoms with E-state index in [-0.39, 0.29) is 5.56 Å². The lowest BCUT2D eigenvalue weighted by Gasteiger charge is -2.11. The van der Waals surface area contributed by atoms with Crippen LogP contribution in [-0.2, 0) is 0 Å². The zero-order valence-electron chi connectivity index (χ0n) is 11.7. The average molecular weight is 346 g/mol. The fraction of sp³-hybridized carbons (Fsp3) is 0.176. The van der Waals surface area contributed by atoms with E-state index < -0.39 is 17.5 Å². The molecule has 0 aliphatic heterocycles. The number of halogens is 2. The number of hydrogen-bond acceptors (Lipinski definition) is 2. The van der Waals surface area contributed by atoms with Crippen molar-refractivity contribution < 1.29 is 9.18 Å². The third-order valence-electron chi connectivity index (χ3n) is 3.45. The predicted molar refractivity (Wildman–Crippen MR) is 82.7 cm³/mol. The number of ketones is 1.